The fraction of sp³-hybridized carbons (Fsp3) is 0.353. The van der Waals surface area contributed by atoms with Crippen molar-refractivity contribution >= 4 is 0 Å². The molecular formula is C17H19FN2. The summed E-state index contributed by atoms with van der Waals surface area (Å²) in [5.74, 6) is -0.281. The van der Waals surface area contributed by atoms with E-state index in [1.165, 1.54) is 42.1 Å². The van der Waals surface area contributed by atoms with Gasteiger partial charge in [-0.1, -0.05) is 18.2 Å². The summed E-state index contributed by atoms with van der Waals surface area (Å²) in [7, 11) is 1.91. The van der Waals surface area contributed by atoms with E-state index in [1.807, 2.05) is 7.05 Å². The topological polar surface area (TPSA) is 24.9 Å². The number of rotatable bonds is 4. The Labute approximate surface area is 119 Å². The maximum atomic E-state index is 13.3. The van der Waals surface area contributed by atoms with Gasteiger partial charge in [0.1, 0.15) is 5.82 Å². The van der Waals surface area contributed by atoms with E-state index in [1.54, 1.807) is 12.3 Å². The van der Waals surface area contributed by atoms with E-state index in [0.29, 0.717) is 0 Å². The van der Waals surface area contributed by atoms with Crippen molar-refractivity contribution in [3.8, 4) is 0 Å². The zero-order chi connectivity index (χ0) is 13.9. The van der Waals surface area contributed by atoms with E-state index in [0.717, 1.165) is 12.0 Å². The summed E-state index contributed by atoms with van der Waals surface area (Å²) in [5.41, 5.74) is 5.17. The molecule has 0 radical (unpaired) electrons. The first kappa shape index (κ1) is 13.3. The number of nitrogens with one attached hydrogen (secondary N) is 1. The number of likely N-dealkylation sites (N-methyl/N-ethyl adjacent to an activating group) is 1. The van der Waals surface area contributed by atoms with Crippen molar-refractivity contribution < 1.29 is 4.39 Å². The van der Waals surface area contributed by atoms with Gasteiger partial charge in [0.25, 0.3) is 0 Å². The highest BCUT2D eigenvalue weighted by Gasteiger charge is 2.14. The summed E-state index contributed by atoms with van der Waals surface area (Å²) >= 11 is 0. The van der Waals surface area contributed by atoms with Crippen LogP contribution in [-0.4, -0.2) is 12.0 Å². The number of hydrogen-bond acceptors (Lipinski definition) is 2. The Morgan fingerprint density at radius 2 is 2.05 bits per heavy atom. The number of nitrogens with zero attached hydrogens (tertiary/aromatic N) is 1. The van der Waals surface area contributed by atoms with Gasteiger partial charge in [-0.15, -0.1) is 0 Å². The molecule has 104 valence electrons. The van der Waals surface area contributed by atoms with Crippen LogP contribution in [0.15, 0.2) is 36.7 Å². The summed E-state index contributed by atoms with van der Waals surface area (Å²) in [6.45, 7) is 0. The molecule has 1 aliphatic rings. The summed E-state index contributed by atoms with van der Waals surface area (Å²) < 4.78 is 13.3. The lowest BCUT2D eigenvalue weighted by molar-refractivity contribution is 0.571. The molecule has 1 N–H and O–H groups in total. The first-order valence-corrected chi connectivity index (χ1v) is 7.14. The van der Waals surface area contributed by atoms with Crippen LogP contribution in [0.2, 0.25) is 0 Å². The minimum Gasteiger partial charge on any atom is -0.313 e. The third-order valence-corrected chi connectivity index (χ3v) is 4.08. The minimum atomic E-state index is -0.281. The first-order chi connectivity index (χ1) is 9.76. The Bertz CT molecular complexity index is 610. The number of hydrogen-bond donors (Lipinski definition) is 1. The molecule has 0 bridgehead atoms. The number of halogens is 1. The van der Waals surface area contributed by atoms with Crippen LogP contribution in [-0.2, 0) is 19.3 Å². The third kappa shape index (κ3) is 2.73. The van der Waals surface area contributed by atoms with Crippen LogP contribution in [0.4, 0.5) is 4.39 Å². The molecule has 0 amide bonds. The van der Waals surface area contributed by atoms with Gasteiger partial charge in [-0.2, -0.15) is 0 Å². The quantitative estimate of drug-likeness (QED) is 0.922. The molecule has 1 aliphatic carbocycles. The van der Waals surface area contributed by atoms with E-state index in [-0.39, 0.29) is 11.9 Å². The minimum absolute atomic E-state index is 0.0950. The fourth-order valence-corrected chi connectivity index (χ4v) is 2.99. The van der Waals surface area contributed by atoms with Gasteiger partial charge in [-0.3, -0.25) is 4.98 Å². The summed E-state index contributed by atoms with van der Waals surface area (Å²) in [6, 6.07) is 8.40. The molecule has 1 aromatic heterocycles. The molecule has 1 heterocycles. The molecule has 1 unspecified atom stereocenters. The van der Waals surface area contributed by atoms with Crippen LogP contribution in [0.1, 0.15) is 34.7 Å². The molecule has 1 aromatic carbocycles. The Kier molecular flexibility index (Phi) is 3.79. The number of pyridine rings is 1. The Morgan fingerprint density at radius 3 is 2.85 bits per heavy atom. The van der Waals surface area contributed by atoms with Crippen LogP contribution in [0.3, 0.4) is 0 Å². The maximum absolute atomic E-state index is 13.3. The predicted octanol–water partition coefficient (Wildman–Crippen LogP) is 3.21. The average Bonchev–Trinajstić information content (AvgIpc) is 2.92. The van der Waals surface area contributed by atoms with Crippen molar-refractivity contribution in [3.63, 3.8) is 0 Å². The van der Waals surface area contributed by atoms with E-state index in [9.17, 15) is 4.39 Å². The fourth-order valence-electron chi connectivity index (χ4n) is 2.99. The molecule has 3 rings (SSSR count). The molecule has 1 atom stereocenters. The van der Waals surface area contributed by atoms with Gasteiger partial charge in [-0.05, 0) is 61.1 Å². The van der Waals surface area contributed by atoms with E-state index in [2.05, 4.69) is 28.5 Å². The molecule has 0 saturated carbocycles. The molecule has 20 heavy (non-hydrogen) atoms. The zero-order valence-corrected chi connectivity index (χ0v) is 11.7. The highest BCUT2D eigenvalue weighted by molar-refractivity contribution is 5.36. The van der Waals surface area contributed by atoms with E-state index in [4.69, 9.17) is 0 Å². The lowest BCUT2D eigenvalue weighted by Gasteiger charge is -2.17. The molecular weight excluding hydrogens is 251 g/mol. The molecule has 0 aliphatic heterocycles. The molecule has 0 saturated heterocycles. The normalized spacial score (nSPS) is 15.1. The van der Waals surface area contributed by atoms with Gasteiger partial charge in [0.15, 0.2) is 0 Å². The van der Waals surface area contributed by atoms with Crippen LogP contribution in [0.5, 0.6) is 0 Å². The maximum Gasteiger partial charge on any atom is 0.141 e. The summed E-state index contributed by atoms with van der Waals surface area (Å²) in [6.07, 6.45) is 7.49. The van der Waals surface area contributed by atoms with Gasteiger partial charge in [0, 0.05) is 12.2 Å². The number of benzene rings is 1. The second-order valence-electron chi connectivity index (χ2n) is 5.44. The lowest BCUT2D eigenvalue weighted by Crippen LogP contribution is -2.19. The van der Waals surface area contributed by atoms with Crippen molar-refractivity contribution in [2.45, 2.75) is 31.7 Å². The van der Waals surface area contributed by atoms with Crippen molar-refractivity contribution in [3.05, 3.63) is 64.7 Å². The standard InChI is InChI=1S/C17H19FN2/c1-19-17(15-9-16(18)11-20-10-15)8-12-5-6-13-3-2-4-14(13)7-12/h5-7,9-11,17,19H,2-4,8H2,1H3. The van der Waals surface area contributed by atoms with Gasteiger partial charge in [0.05, 0.1) is 6.20 Å². The Morgan fingerprint density at radius 1 is 1.20 bits per heavy atom. The van der Waals surface area contributed by atoms with Gasteiger partial charge in [-0.25, -0.2) is 4.39 Å². The van der Waals surface area contributed by atoms with Crippen molar-refractivity contribution in [1.82, 2.24) is 10.3 Å². The van der Waals surface area contributed by atoms with E-state index >= 15 is 0 Å². The lowest BCUT2D eigenvalue weighted by atomic mass is 9.97. The third-order valence-electron chi connectivity index (χ3n) is 4.08. The summed E-state index contributed by atoms with van der Waals surface area (Å²) in [5, 5.41) is 3.26. The van der Waals surface area contributed by atoms with Crippen LogP contribution >= 0.6 is 0 Å². The van der Waals surface area contributed by atoms with Crippen LogP contribution in [0, 0.1) is 5.82 Å². The number of aryl methyl sites for hydroxylation is 2. The largest absolute Gasteiger partial charge is 0.313 e. The molecule has 0 spiro atoms. The van der Waals surface area contributed by atoms with Gasteiger partial charge < -0.3 is 5.32 Å². The second kappa shape index (κ2) is 5.71. The SMILES string of the molecule is CNC(Cc1ccc2c(c1)CCC2)c1cncc(F)c1. The second-order valence-corrected chi connectivity index (χ2v) is 5.44. The molecule has 3 heteroatoms. The highest BCUT2D eigenvalue weighted by Crippen LogP contribution is 2.25. The zero-order valence-electron chi connectivity index (χ0n) is 11.7. The molecule has 2 nitrogen and oxygen atoms in total. The predicted molar refractivity (Wildman–Crippen MR) is 78.2 cm³/mol. The highest BCUT2D eigenvalue weighted by atomic mass is 19.1. The molecule has 0 fully saturated rings. The first-order valence-electron chi connectivity index (χ1n) is 7.14. The van der Waals surface area contributed by atoms with Crippen LogP contribution < -0.4 is 5.32 Å². The smallest absolute Gasteiger partial charge is 0.141 e. The Balaban J connectivity index is 1.81. The Hall–Kier alpha value is -1.74. The monoisotopic (exact) mass is 270 g/mol. The number of aromatic nitrogens is 1. The van der Waals surface area contributed by atoms with Crippen molar-refractivity contribution in [2.24, 2.45) is 0 Å². The average molecular weight is 270 g/mol. The van der Waals surface area contributed by atoms with Crippen molar-refractivity contribution in [2.75, 3.05) is 7.05 Å². The number of fused-ring (bicyclic) bond motifs is 1. The van der Waals surface area contributed by atoms with Crippen molar-refractivity contribution in [1.29, 1.82) is 0 Å². The van der Waals surface area contributed by atoms with Gasteiger partial charge in [0.2, 0.25) is 0 Å². The molecule has 2 aromatic rings. The van der Waals surface area contributed by atoms with E-state index < -0.39 is 0 Å². The summed E-state index contributed by atoms with van der Waals surface area (Å²) in [4.78, 5) is 3.94. The van der Waals surface area contributed by atoms with Gasteiger partial charge >= 0.3 is 0 Å². The van der Waals surface area contributed by atoms with Crippen LogP contribution in [0.25, 0.3) is 0 Å².